The number of hydrogen-bond acceptors (Lipinski definition) is 8. The Kier molecular flexibility index (Phi) is 12.4. The normalized spacial score (nSPS) is 16.2. The van der Waals surface area contributed by atoms with Crippen LogP contribution < -0.4 is 9.64 Å². The highest BCUT2D eigenvalue weighted by atomic mass is 35.5. The van der Waals surface area contributed by atoms with E-state index in [4.69, 9.17) is 47.9 Å². The number of carbonyl (C=O) groups excluding carboxylic acids is 1. The number of halogens is 2. The quantitative estimate of drug-likeness (QED) is 0.0998. The second-order valence-electron chi connectivity index (χ2n) is 17.7. The van der Waals surface area contributed by atoms with E-state index in [1.807, 2.05) is 66.6 Å². The third-order valence-electron chi connectivity index (χ3n) is 13.3. The van der Waals surface area contributed by atoms with Crippen LogP contribution in [0, 0.1) is 27.7 Å². The zero-order valence-electron chi connectivity index (χ0n) is 38.2. The number of likely N-dealkylation sites (N-methyl/N-ethyl adjacent to an activating group) is 1. The van der Waals surface area contributed by atoms with Crippen molar-refractivity contribution in [3.8, 4) is 28.3 Å². The minimum atomic E-state index is -0.104. The lowest BCUT2D eigenvalue weighted by Crippen LogP contribution is -2.45. The van der Waals surface area contributed by atoms with Crippen molar-refractivity contribution in [3.63, 3.8) is 0 Å². The van der Waals surface area contributed by atoms with Gasteiger partial charge in [0.1, 0.15) is 17.8 Å². The third kappa shape index (κ3) is 8.10. The van der Waals surface area contributed by atoms with E-state index in [0.29, 0.717) is 55.7 Å². The van der Waals surface area contributed by atoms with Gasteiger partial charge in [-0.3, -0.25) is 19.1 Å². The fraction of sp³-hybridized carbons (Fsp3) is 0.429. The number of fused-ring (bicyclic) bond motifs is 4. The predicted molar refractivity (Wildman–Crippen MR) is 257 cm³/mol. The van der Waals surface area contributed by atoms with Gasteiger partial charge < -0.3 is 28.4 Å². The average Bonchev–Trinajstić information content (AvgIpc) is 4.04. The highest BCUT2D eigenvalue weighted by Crippen LogP contribution is 2.46. The van der Waals surface area contributed by atoms with Crippen molar-refractivity contribution in [2.75, 3.05) is 71.5 Å². The van der Waals surface area contributed by atoms with E-state index in [2.05, 4.69) is 70.3 Å². The number of carbonyl (C=O) groups is 1. The topological polar surface area (TPSA) is 104 Å². The molecule has 6 heterocycles. The van der Waals surface area contributed by atoms with Gasteiger partial charge in [0.25, 0.3) is 5.91 Å². The number of nitrogens with zero attached hydrogens (tertiary/aromatic N) is 10. The monoisotopic (exact) mass is 904 g/mol. The molecule has 2 aliphatic heterocycles. The number of piperazine rings is 1. The Hall–Kier alpha value is -5.18. The fourth-order valence-electron chi connectivity index (χ4n) is 9.79. The standard InChI is InChI=1S/C49H58Cl2N10O3/c1-30-24-36(25-31(2)45(30)51)64-22-9-10-37-38-12-13-40(50)44(43-33(4)53-56(7)34(43)5)46(38)61-32(3)27-60(49(62)47(37)61)42-28-58(21-23-63-8)41-14-11-35(26-39(41)42)48-52-29-59(54-48)20-19-57-17-15-55(6)16-18-57/h11-14,24-26,28-29,32H,9-10,15-23,27H2,1-8H3/t32-/m1/s1. The molecular formula is C49H58Cl2N10O3. The lowest BCUT2D eigenvalue weighted by molar-refractivity contribution is 0.0957. The second-order valence-corrected chi connectivity index (χ2v) is 18.5. The molecule has 3 aromatic carbocycles. The van der Waals surface area contributed by atoms with Crippen LogP contribution in [0.4, 0.5) is 5.69 Å². The average molecular weight is 906 g/mol. The molecule has 0 spiro atoms. The van der Waals surface area contributed by atoms with Crippen LogP contribution in [-0.2, 0) is 31.3 Å². The third-order valence-corrected chi connectivity index (χ3v) is 14.2. The molecule has 0 saturated carbocycles. The number of benzene rings is 3. The number of aromatic nitrogens is 7. The Balaban J connectivity index is 1.11. The zero-order valence-corrected chi connectivity index (χ0v) is 39.7. The molecule has 1 atom stereocenters. The Morgan fingerprint density at radius 2 is 1.62 bits per heavy atom. The number of hydrogen-bond donors (Lipinski definition) is 0. The Morgan fingerprint density at radius 3 is 2.34 bits per heavy atom. The van der Waals surface area contributed by atoms with Gasteiger partial charge in [0.15, 0.2) is 5.82 Å². The van der Waals surface area contributed by atoms with E-state index in [9.17, 15) is 0 Å². The molecule has 0 bridgehead atoms. The van der Waals surface area contributed by atoms with E-state index < -0.39 is 0 Å². The number of ether oxygens (including phenoxy) is 2. The van der Waals surface area contributed by atoms with Gasteiger partial charge in [-0.05, 0) is 108 Å². The lowest BCUT2D eigenvalue weighted by atomic mass is 9.98. The molecular weight excluding hydrogens is 848 g/mol. The van der Waals surface area contributed by atoms with Gasteiger partial charge in [-0.25, -0.2) is 4.98 Å². The summed E-state index contributed by atoms with van der Waals surface area (Å²) in [7, 11) is 5.84. The van der Waals surface area contributed by atoms with Gasteiger partial charge >= 0.3 is 0 Å². The highest BCUT2D eigenvalue weighted by Gasteiger charge is 2.38. The molecule has 0 aliphatic carbocycles. The van der Waals surface area contributed by atoms with Crippen molar-refractivity contribution in [1.29, 1.82) is 0 Å². The van der Waals surface area contributed by atoms with Gasteiger partial charge in [-0.2, -0.15) is 10.2 Å². The molecule has 0 radical (unpaired) electrons. The summed E-state index contributed by atoms with van der Waals surface area (Å²) in [4.78, 5) is 27.2. The molecule has 0 N–H and O–H groups in total. The summed E-state index contributed by atoms with van der Waals surface area (Å²) < 4.78 is 20.1. The second kappa shape index (κ2) is 18.0. The first-order valence-corrected chi connectivity index (χ1v) is 23.1. The van der Waals surface area contributed by atoms with Crippen molar-refractivity contribution < 1.29 is 14.3 Å². The molecule has 64 heavy (non-hydrogen) atoms. The van der Waals surface area contributed by atoms with E-state index in [1.54, 1.807) is 7.11 Å². The van der Waals surface area contributed by atoms with E-state index in [1.165, 1.54) is 0 Å². The summed E-state index contributed by atoms with van der Waals surface area (Å²) in [6, 6.07) is 14.2. The Bertz CT molecular complexity index is 2860. The van der Waals surface area contributed by atoms with Crippen molar-refractivity contribution in [3.05, 3.63) is 98.8 Å². The fourth-order valence-corrected chi connectivity index (χ4v) is 10.2. The molecule has 9 rings (SSSR count). The first kappa shape index (κ1) is 44.0. The number of anilines is 1. The number of rotatable bonds is 14. The molecule has 2 aliphatic rings. The molecule has 1 saturated heterocycles. The lowest BCUT2D eigenvalue weighted by Gasteiger charge is -2.34. The molecule has 336 valence electrons. The van der Waals surface area contributed by atoms with Crippen LogP contribution in [0.3, 0.4) is 0 Å². The molecule has 7 aromatic rings. The van der Waals surface area contributed by atoms with Crippen molar-refractivity contribution in [1.82, 2.24) is 43.5 Å². The maximum absolute atomic E-state index is 15.6. The van der Waals surface area contributed by atoms with Gasteiger partial charge in [-0.15, -0.1) is 0 Å². The highest BCUT2D eigenvalue weighted by molar-refractivity contribution is 6.35. The first-order chi connectivity index (χ1) is 30.8. The number of amides is 1. The number of methoxy groups -OCH3 is 1. The van der Waals surface area contributed by atoms with E-state index >= 15 is 4.79 Å². The Labute approximate surface area is 385 Å². The summed E-state index contributed by atoms with van der Waals surface area (Å²) in [5, 5.41) is 13.1. The maximum atomic E-state index is 15.6. The summed E-state index contributed by atoms with van der Waals surface area (Å²) in [6.07, 6.45) is 5.23. The van der Waals surface area contributed by atoms with Gasteiger partial charge in [-0.1, -0.05) is 29.3 Å². The van der Waals surface area contributed by atoms with E-state index in [0.717, 1.165) is 122 Å². The van der Waals surface area contributed by atoms with Crippen molar-refractivity contribution in [2.45, 2.75) is 66.6 Å². The first-order valence-electron chi connectivity index (χ1n) is 22.3. The van der Waals surface area contributed by atoms with Gasteiger partial charge in [0.05, 0.1) is 47.2 Å². The van der Waals surface area contributed by atoms with Crippen LogP contribution in [0.25, 0.3) is 44.3 Å². The molecule has 1 amide bonds. The van der Waals surface area contributed by atoms with Crippen LogP contribution in [0.5, 0.6) is 5.75 Å². The summed E-state index contributed by atoms with van der Waals surface area (Å²) in [6.45, 7) is 18.3. The minimum absolute atomic E-state index is 0.0571. The van der Waals surface area contributed by atoms with Crippen molar-refractivity contribution in [2.24, 2.45) is 7.05 Å². The minimum Gasteiger partial charge on any atom is -0.494 e. The van der Waals surface area contributed by atoms with Crippen LogP contribution in [0.1, 0.15) is 58.0 Å². The van der Waals surface area contributed by atoms with Crippen LogP contribution in [-0.4, -0.2) is 116 Å². The van der Waals surface area contributed by atoms with Crippen molar-refractivity contribution >= 4 is 56.6 Å². The summed E-state index contributed by atoms with van der Waals surface area (Å²) in [5.74, 6) is 1.39. The zero-order chi connectivity index (χ0) is 45.0. The van der Waals surface area contributed by atoms with Crippen LogP contribution in [0.15, 0.2) is 55.0 Å². The molecule has 4 aromatic heterocycles. The molecule has 13 nitrogen and oxygen atoms in total. The predicted octanol–water partition coefficient (Wildman–Crippen LogP) is 8.92. The largest absolute Gasteiger partial charge is 0.494 e. The molecule has 0 unspecified atom stereocenters. The molecule has 1 fully saturated rings. The summed E-state index contributed by atoms with van der Waals surface area (Å²) >= 11 is 13.7. The van der Waals surface area contributed by atoms with E-state index in [-0.39, 0.29) is 11.9 Å². The Morgan fingerprint density at radius 1 is 0.859 bits per heavy atom. The maximum Gasteiger partial charge on any atom is 0.275 e. The van der Waals surface area contributed by atoms with Crippen LogP contribution >= 0.6 is 23.2 Å². The SMILES string of the molecule is COCCn1cc(N2C[C@@H](C)n3c(c(CCCOc4cc(C)c(Cl)c(C)c4)c4ccc(Cl)c(-c5c(C)nn(C)c5C)c43)C2=O)c2cc(-c3ncn(CCN4CCN(C)CC4)n3)ccc21. The molecule has 15 heteroatoms. The number of aryl methyl sites for hydroxylation is 5. The summed E-state index contributed by atoms with van der Waals surface area (Å²) in [5.41, 5.74) is 11.1. The van der Waals surface area contributed by atoms with Gasteiger partial charge in [0, 0.05) is 110 Å². The smallest absolute Gasteiger partial charge is 0.275 e. The van der Waals surface area contributed by atoms with Gasteiger partial charge in [0.2, 0.25) is 0 Å². The van der Waals surface area contributed by atoms with Crippen LogP contribution in [0.2, 0.25) is 10.0 Å².